The Morgan fingerprint density at radius 2 is 1.93 bits per heavy atom. The maximum atomic E-state index is 12.9. The summed E-state index contributed by atoms with van der Waals surface area (Å²) in [6.07, 6.45) is 2.32. The van der Waals surface area contributed by atoms with Crippen LogP contribution in [0.25, 0.3) is 0 Å². The van der Waals surface area contributed by atoms with E-state index in [0.29, 0.717) is 17.9 Å². The second-order valence-electron chi connectivity index (χ2n) is 7.18. The molecule has 1 aromatic carbocycles. The van der Waals surface area contributed by atoms with Crippen LogP contribution in [0.4, 0.5) is 0 Å². The van der Waals surface area contributed by atoms with Crippen molar-refractivity contribution >= 4 is 18.3 Å². The maximum absolute atomic E-state index is 12.9. The standard InChI is InChI=1S/C20H26N4O4.ClH/c1-14-4-6-17(7-5-14)28-13-18(25)24(16-8-9-21-10-16)12-15-11-22(2)20(27)23(3)19(15)26;/h4-7,11,16,21H,8-10,12-13H2,1-3H3;1H. The first-order chi connectivity index (χ1) is 13.4. The number of halogens is 1. The zero-order chi connectivity index (χ0) is 20.3. The molecule has 1 saturated heterocycles. The first-order valence-electron chi connectivity index (χ1n) is 9.32. The molecule has 1 atom stereocenters. The minimum atomic E-state index is -0.392. The molecule has 1 aliphatic heterocycles. The van der Waals surface area contributed by atoms with Crippen LogP contribution in [0.5, 0.6) is 5.75 Å². The van der Waals surface area contributed by atoms with E-state index in [-0.39, 0.29) is 43.1 Å². The molecule has 0 aliphatic carbocycles. The van der Waals surface area contributed by atoms with E-state index in [4.69, 9.17) is 4.74 Å². The quantitative estimate of drug-likeness (QED) is 0.736. The molecule has 29 heavy (non-hydrogen) atoms. The van der Waals surface area contributed by atoms with Gasteiger partial charge in [0.15, 0.2) is 6.61 Å². The number of amides is 1. The highest BCUT2D eigenvalue weighted by Gasteiger charge is 2.28. The first-order valence-corrected chi connectivity index (χ1v) is 9.32. The van der Waals surface area contributed by atoms with E-state index < -0.39 is 5.69 Å². The predicted octanol–water partition coefficient (Wildman–Crippen LogP) is 0.584. The monoisotopic (exact) mass is 422 g/mol. The van der Waals surface area contributed by atoms with Gasteiger partial charge in [-0.2, -0.15) is 0 Å². The van der Waals surface area contributed by atoms with E-state index in [1.807, 2.05) is 31.2 Å². The van der Waals surface area contributed by atoms with Crippen molar-refractivity contribution in [2.24, 2.45) is 14.1 Å². The summed E-state index contributed by atoms with van der Waals surface area (Å²) >= 11 is 0. The molecule has 9 heteroatoms. The van der Waals surface area contributed by atoms with Crippen LogP contribution in [0, 0.1) is 6.92 Å². The van der Waals surface area contributed by atoms with Crippen molar-refractivity contribution in [2.45, 2.75) is 25.9 Å². The van der Waals surface area contributed by atoms with Crippen LogP contribution in [0.2, 0.25) is 0 Å². The van der Waals surface area contributed by atoms with Crippen LogP contribution in [-0.2, 0) is 25.4 Å². The van der Waals surface area contributed by atoms with Crippen LogP contribution < -0.4 is 21.3 Å². The predicted molar refractivity (Wildman–Crippen MR) is 113 cm³/mol. The molecule has 0 bridgehead atoms. The second kappa shape index (κ2) is 9.76. The fraction of sp³-hybridized carbons (Fsp3) is 0.450. The number of carbonyl (C=O) groups excluding carboxylic acids is 1. The lowest BCUT2D eigenvalue weighted by Crippen LogP contribution is -2.46. The summed E-state index contributed by atoms with van der Waals surface area (Å²) in [4.78, 5) is 39.0. The molecular weight excluding hydrogens is 396 g/mol. The molecule has 1 amide bonds. The van der Waals surface area contributed by atoms with Crippen molar-refractivity contribution in [1.82, 2.24) is 19.4 Å². The first kappa shape index (κ1) is 22.7. The maximum Gasteiger partial charge on any atom is 0.330 e. The Morgan fingerprint density at radius 1 is 1.24 bits per heavy atom. The van der Waals surface area contributed by atoms with Crippen LogP contribution >= 0.6 is 12.4 Å². The van der Waals surface area contributed by atoms with Gasteiger partial charge in [0, 0.05) is 32.9 Å². The van der Waals surface area contributed by atoms with Gasteiger partial charge in [-0.15, -0.1) is 12.4 Å². The normalized spacial score (nSPS) is 15.6. The smallest absolute Gasteiger partial charge is 0.330 e. The van der Waals surface area contributed by atoms with Crippen molar-refractivity contribution in [1.29, 1.82) is 0 Å². The van der Waals surface area contributed by atoms with Gasteiger partial charge >= 0.3 is 5.69 Å². The number of aryl methyl sites for hydroxylation is 2. The van der Waals surface area contributed by atoms with E-state index in [1.54, 1.807) is 11.9 Å². The number of hydrogen-bond donors (Lipinski definition) is 1. The third-order valence-corrected chi connectivity index (χ3v) is 5.04. The number of hydrogen-bond acceptors (Lipinski definition) is 5. The minimum Gasteiger partial charge on any atom is -0.484 e. The SMILES string of the molecule is Cc1ccc(OCC(=O)N(Cc2cn(C)c(=O)n(C)c2=O)C2CCNC2)cc1.Cl. The lowest BCUT2D eigenvalue weighted by molar-refractivity contribution is -0.136. The van der Waals surface area contributed by atoms with Gasteiger partial charge in [0.2, 0.25) is 0 Å². The molecule has 3 rings (SSSR count). The number of ether oxygens (including phenoxy) is 1. The summed E-state index contributed by atoms with van der Waals surface area (Å²) in [7, 11) is 3.03. The summed E-state index contributed by atoms with van der Waals surface area (Å²) in [6.45, 7) is 3.51. The van der Waals surface area contributed by atoms with Crippen molar-refractivity contribution < 1.29 is 9.53 Å². The molecule has 1 aliphatic rings. The molecule has 1 fully saturated rings. The number of rotatable bonds is 6. The topological polar surface area (TPSA) is 85.6 Å². The molecule has 0 spiro atoms. The molecule has 8 nitrogen and oxygen atoms in total. The summed E-state index contributed by atoms with van der Waals surface area (Å²) in [5.41, 5.74) is 0.742. The number of carbonyl (C=O) groups is 1. The van der Waals surface area contributed by atoms with Gasteiger partial charge in [0.05, 0.1) is 12.1 Å². The Labute approximate surface area is 175 Å². The van der Waals surface area contributed by atoms with Crippen LogP contribution in [-0.4, -0.2) is 45.7 Å². The van der Waals surface area contributed by atoms with E-state index >= 15 is 0 Å². The molecule has 2 heterocycles. The van der Waals surface area contributed by atoms with Gasteiger partial charge in [-0.05, 0) is 32.0 Å². The summed E-state index contributed by atoms with van der Waals surface area (Å²) in [5, 5.41) is 3.25. The van der Waals surface area contributed by atoms with Crippen molar-refractivity contribution in [3.8, 4) is 5.75 Å². The van der Waals surface area contributed by atoms with Crippen LogP contribution in [0.15, 0.2) is 40.1 Å². The minimum absolute atomic E-state index is 0. The summed E-state index contributed by atoms with van der Waals surface area (Å²) in [6, 6.07) is 7.48. The van der Waals surface area contributed by atoms with Crippen molar-refractivity contribution in [2.75, 3.05) is 19.7 Å². The van der Waals surface area contributed by atoms with Crippen LogP contribution in [0.3, 0.4) is 0 Å². The van der Waals surface area contributed by atoms with E-state index in [2.05, 4.69) is 5.32 Å². The zero-order valence-electron chi connectivity index (χ0n) is 16.9. The van der Waals surface area contributed by atoms with Crippen molar-refractivity contribution in [3.05, 3.63) is 62.4 Å². The van der Waals surface area contributed by atoms with Gasteiger partial charge < -0.3 is 19.5 Å². The van der Waals surface area contributed by atoms with Crippen molar-refractivity contribution in [3.63, 3.8) is 0 Å². The number of nitrogens with one attached hydrogen (secondary N) is 1. The third-order valence-electron chi connectivity index (χ3n) is 5.04. The Kier molecular flexibility index (Phi) is 7.64. The highest BCUT2D eigenvalue weighted by atomic mass is 35.5. The number of nitrogens with zero attached hydrogens (tertiary/aromatic N) is 3. The van der Waals surface area contributed by atoms with Gasteiger partial charge in [-0.3, -0.25) is 14.2 Å². The van der Waals surface area contributed by atoms with E-state index in [0.717, 1.165) is 23.1 Å². The molecule has 2 aromatic rings. The average molecular weight is 423 g/mol. The molecule has 1 aromatic heterocycles. The lowest BCUT2D eigenvalue weighted by atomic mass is 10.2. The number of aromatic nitrogens is 2. The molecule has 1 unspecified atom stereocenters. The zero-order valence-corrected chi connectivity index (χ0v) is 17.7. The largest absolute Gasteiger partial charge is 0.484 e. The Balaban J connectivity index is 0.00000300. The van der Waals surface area contributed by atoms with Crippen LogP contribution in [0.1, 0.15) is 17.5 Å². The molecule has 0 radical (unpaired) electrons. The van der Waals surface area contributed by atoms with Gasteiger partial charge in [0.1, 0.15) is 5.75 Å². The van der Waals surface area contributed by atoms with E-state index in [1.165, 1.54) is 17.8 Å². The Morgan fingerprint density at radius 3 is 2.55 bits per heavy atom. The fourth-order valence-corrected chi connectivity index (χ4v) is 3.36. The van der Waals surface area contributed by atoms with Gasteiger partial charge in [-0.25, -0.2) is 4.79 Å². The number of benzene rings is 1. The fourth-order valence-electron chi connectivity index (χ4n) is 3.36. The highest BCUT2D eigenvalue weighted by molar-refractivity contribution is 5.85. The lowest BCUT2D eigenvalue weighted by Gasteiger charge is -2.28. The Hall–Kier alpha value is -2.58. The highest BCUT2D eigenvalue weighted by Crippen LogP contribution is 2.15. The summed E-state index contributed by atoms with van der Waals surface area (Å²) < 4.78 is 8.07. The van der Waals surface area contributed by atoms with E-state index in [9.17, 15) is 14.4 Å². The molecule has 0 saturated carbocycles. The Bertz CT molecular complexity index is 962. The second-order valence-corrected chi connectivity index (χ2v) is 7.18. The summed E-state index contributed by atoms with van der Waals surface area (Å²) in [5.74, 6) is 0.437. The molecular formula is C20H27ClN4O4. The average Bonchev–Trinajstić information content (AvgIpc) is 3.22. The molecule has 1 N–H and O–H groups in total. The molecule has 158 valence electrons. The van der Waals surface area contributed by atoms with Gasteiger partial charge in [-0.1, -0.05) is 17.7 Å². The van der Waals surface area contributed by atoms with Gasteiger partial charge in [0.25, 0.3) is 11.5 Å². The third kappa shape index (κ3) is 5.27.